The summed E-state index contributed by atoms with van der Waals surface area (Å²) in [5.74, 6) is -2.31. The SMILES string of the molecule is O=C(N/N=C\C12c3ccccc3C(c3ccccc31)[C@@H]1C(=O)N(c3ccccc3)C(=O)[C@H]12)c1ccccc1. The molecule has 1 saturated heterocycles. The minimum absolute atomic E-state index is 0.202. The molecule has 1 aliphatic heterocycles. The molecule has 1 heterocycles. The number of nitrogens with one attached hydrogen (secondary N) is 1. The molecule has 0 radical (unpaired) electrons. The summed E-state index contributed by atoms with van der Waals surface area (Å²) in [6.45, 7) is 0. The molecule has 184 valence electrons. The summed E-state index contributed by atoms with van der Waals surface area (Å²) in [4.78, 5) is 42.4. The number of rotatable bonds is 4. The zero-order chi connectivity index (χ0) is 25.9. The van der Waals surface area contributed by atoms with Gasteiger partial charge in [-0.2, -0.15) is 5.10 Å². The van der Waals surface area contributed by atoms with Crippen LogP contribution < -0.4 is 10.3 Å². The molecule has 4 aliphatic rings. The molecule has 38 heavy (non-hydrogen) atoms. The predicted molar refractivity (Wildman–Crippen MR) is 144 cm³/mol. The highest BCUT2D eigenvalue weighted by Gasteiger charge is 2.68. The maximum absolute atomic E-state index is 14.2. The molecule has 0 saturated carbocycles. The zero-order valence-electron chi connectivity index (χ0n) is 20.3. The van der Waals surface area contributed by atoms with Crippen LogP contribution in [0.25, 0.3) is 0 Å². The number of benzene rings is 4. The monoisotopic (exact) mass is 497 g/mol. The molecule has 1 N–H and O–H groups in total. The zero-order valence-corrected chi connectivity index (χ0v) is 20.3. The van der Waals surface area contributed by atoms with Gasteiger partial charge in [-0.25, -0.2) is 10.3 Å². The molecule has 2 bridgehead atoms. The quantitative estimate of drug-likeness (QED) is 0.253. The van der Waals surface area contributed by atoms with Gasteiger partial charge in [-0.15, -0.1) is 0 Å². The third-order valence-electron chi connectivity index (χ3n) is 8.17. The number of hydrazone groups is 1. The van der Waals surface area contributed by atoms with Gasteiger partial charge in [-0.3, -0.25) is 14.4 Å². The summed E-state index contributed by atoms with van der Waals surface area (Å²) in [6, 6.07) is 33.9. The topological polar surface area (TPSA) is 78.8 Å². The van der Waals surface area contributed by atoms with Gasteiger partial charge >= 0.3 is 0 Å². The van der Waals surface area contributed by atoms with E-state index in [1.165, 1.54) is 4.90 Å². The Kier molecular flexibility index (Phi) is 4.91. The fourth-order valence-corrected chi connectivity index (χ4v) is 6.73. The summed E-state index contributed by atoms with van der Waals surface area (Å²) in [5, 5.41) is 4.45. The standard InChI is InChI=1S/C32H23N3O3/c36-29(20-11-3-1-4-12-20)34-33-19-32-24-17-9-7-15-22(24)26(23-16-8-10-18-25(23)32)27-28(32)31(38)35(30(27)37)21-13-5-2-6-14-21/h1-19,26-28H,(H,34,36)/b33-19-/t26?,27-,28-,32?/m0/s1. The van der Waals surface area contributed by atoms with Crippen molar-refractivity contribution in [3.63, 3.8) is 0 Å². The molecule has 6 heteroatoms. The first kappa shape index (κ1) is 22.4. The van der Waals surface area contributed by atoms with Crippen LogP contribution in [0.1, 0.15) is 38.5 Å². The maximum atomic E-state index is 14.2. The molecule has 4 aromatic rings. The molecule has 0 aromatic heterocycles. The Morgan fingerprint density at radius 3 is 1.92 bits per heavy atom. The van der Waals surface area contributed by atoms with Gasteiger partial charge in [0.15, 0.2) is 0 Å². The average molecular weight is 498 g/mol. The van der Waals surface area contributed by atoms with E-state index in [-0.39, 0.29) is 23.6 Å². The van der Waals surface area contributed by atoms with Crippen molar-refractivity contribution in [3.8, 4) is 0 Å². The summed E-state index contributed by atoms with van der Waals surface area (Å²) in [6.07, 6.45) is 1.68. The van der Waals surface area contributed by atoms with Crippen LogP contribution in [-0.2, 0) is 15.0 Å². The Hall–Kier alpha value is -4.84. The summed E-state index contributed by atoms with van der Waals surface area (Å²) >= 11 is 0. The molecule has 3 aliphatic carbocycles. The minimum atomic E-state index is -1.02. The number of carbonyl (C=O) groups excluding carboxylic acids is 3. The first-order valence-corrected chi connectivity index (χ1v) is 12.6. The van der Waals surface area contributed by atoms with E-state index in [0.29, 0.717) is 11.3 Å². The van der Waals surface area contributed by atoms with E-state index in [2.05, 4.69) is 10.5 Å². The number of amides is 3. The fraction of sp³-hybridized carbons (Fsp3) is 0.125. The average Bonchev–Trinajstić information content (AvgIpc) is 3.24. The van der Waals surface area contributed by atoms with Crippen molar-refractivity contribution in [2.45, 2.75) is 11.3 Å². The second-order valence-electron chi connectivity index (χ2n) is 9.94. The normalized spacial score (nSPS) is 24.7. The third kappa shape index (κ3) is 2.94. The number of nitrogens with zero attached hydrogens (tertiary/aromatic N) is 2. The molecule has 2 atom stereocenters. The molecule has 0 unspecified atom stereocenters. The Labute approximate surface area is 219 Å². The van der Waals surface area contributed by atoms with E-state index < -0.39 is 17.3 Å². The van der Waals surface area contributed by atoms with E-state index in [1.54, 1.807) is 42.6 Å². The largest absolute Gasteiger partial charge is 0.274 e. The summed E-state index contributed by atoms with van der Waals surface area (Å²) in [7, 11) is 0. The van der Waals surface area contributed by atoms with Crippen molar-refractivity contribution in [1.82, 2.24) is 5.43 Å². The van der Waals surface area contributed by atoms with Gasteiger partial charge in [0.05, 0.1) is 22.9 Å². The van der Waals surface area contributed by atoms with Gasteiger partial charge in [0.25, 0.3) is 5.91 Å². The van der Waals surface area contributed by atoms with Crippen molar-refractivity contribution >= 4 is 29.6 Å². The van der Waals surface area contributed by atoms with Gasteiger partial charge in [0, 0.05) is 17.7 Å². The molecule has 0 spiro atoms. The highest BCUT2D eigenvalue weighted by Crippen LogP contribution is 2.63. The molecule has 6 nitrogen and oxygen atoms in total. The van der Waals surface area contributed by atoms with Crippen LogP contribution in [0.4, 0.5) is 5.69 Å². The Morgan fingerprint density at radius 1 is 0.737 bits per heavy atom. The Balaban J connectivity index is 1.42. The van der Waals surface area contributed by atoms with Crippen LogP contribution in [0.5, 0.6) is 0 Å². The van der Waals surface area contributed by atoms with Crippen molar-refractivity contribution in [1.29, 1.82) is 0 Å². The second kappa shape index (κ2) is 8.35. The van der Waals surface area contributed by atoms with E-state index in [1.807, 2.05) is 72.8 Å². The summed E-state index contributed by atoms with van der Waals surface area (Å²) < 4.78 is 0. The van der Waals surface area contributed by atoms with Gasteiger partial charge < -0.3 is 0 Å². The van der Waals surface area contributed by atoms with Crippen LogP contribution >= 0.6 is 0 Å². The van der Waals surface area contributed by atoms with Gasteiger partial charge in [-0.05, 0) is 46.5 Å². The first-order valence-electron chi connectivity index (χ1n) is 12.6. The Morgan fingerprint density at radius 2 is 1.29 bits per heavy atom. The van der Waals surface area contributed by atoms with Crippen molar-refractivity contribution in [3.05, 3.63) is 137 Å². The molecule has 4 aromatic carbocycles. The maximum Gasteiger partial charge on any atom is 0.271 e. The fourth-order valence-electron chi connectivity index (χ4n) is 6.73. The molecular formula is C32H23N3O3. The number of anilines is 1. The van der Waals surface area contributed by atoms with Crippen LogP contribution in [0.15, 0.2) is 114 Å². The van der Waals surface area contributed by atoms with Gasteiger partial charge in [0.2, 0.25) is 11.8 Å². The van der Waals surface area contributed by atoms with Crippen LogP contribution in [-0.4, -0.2) is 23.9 Å². The van der Waals surface area contributed by atoms with Gasteiger partial charge in [0.1, 0.15) is 0 Å². The first-order chi connectivity index (χ1) is 18.6. The smallest absolute Gasteiger partial charge is 0.271 e. The number of hydrogen-bond donors (Lipinski definition) is 1. The van der Waals surface area contributed by atoms with E-state index >= 15 is 0 Å². The van der Waals surface area contributed by atoms with Crippen LogP contribution in [0.2, 0.25) is 0 Å². The molecular weight excluding hydrogens is 474 g/mol. The molecule has 3 amide bonds. The van der Waals surface area contributed by atoms with Crippen molar-refractivity contribution < 1.29 is 14.4 Å². The second-order valence-corrected chi connectivity index (χ2v) is 9.94. The third-order valence-corrected chi connectivity index (χ3v) is 8.17. The summed E-state index contributed by atoms with van der Waals surface area (Å²) in [5.41, 5.74) is 6.60. The highest BCUT2D eigenvalue weighted by atomic mass is 16.2. The lowest BCUT2D eigenvalue weighted by Gasteiger charge is -2.52. The van der Waals surface area contributed by atoms with E-state index in [0.717, 1.165) is 22.3 Å². The van der Waals surface area contributed by atoms with E-state index in [9.17, 15) is 14.4 Å². The van der Waals surface area contributed by atoms with Crippen LogP contribution in [0, 0.1) is 11.8 Å². The van der Waals surface area contributed by atoms with E-state index in [4.69, 9.17) is 0 Å². The number of imide groups is 1. The lowest BCUT2D eigenvalue weighted by atomic mass is 9.47. The number of para-hydroxylation sites is 1. The molecule has 1 fully saturated rings. The van der Waals surface area contributed by atoms with Gasteiger partial charge in [-0.1, -0.05) is 84.9 Å². The molecule has 8 rings (SSSR count). The lowest BCUT2D eigenvalue weighted by Crippen LogP contribution is -2.54. The van der Waals surface area contributed by atoms with Crippen molar-refractivity contribution in [2.24, 2.45) is 16.9 Å². The Bertz CT molecular complexity index is 1580. The highest BCUT2D eigenvalue weighted by molar-refractivity contribution is 6.25. The predicted octanol–water partition coefficient (Wildman–Crippen LogP) is 4.65. The minimum Gasteiger partial charge on any atom is -0.274 e. The number of carbonyl (C=O) groups is 3. The lowest BCUT2D eigenvalue weighted by molar-refractivity contribution is -0.122. The van der Waals surface area contributed by atoms with Crippen LogP contribution in [0.3, 0.4) is 0 Å². The van der Waals surface area contributed by atoms with Crippen molar-refractivity contribution in [2.75, 3.05) is 4.90 Å². The number of hydrogen-bond acceptors (Lipinski definition) is 4.